The highest BCUT2D eigenvalue weighted by molar-refractivity contribution is 6.33. The van der Waals surface area contributed by atoms with Crippen LogP contribution in [0.4, 0.5) is 17.2 Å². The van der Waals surface area contributed by atoms with Gasteiger partial charge in [-0.1, -0.05) is 29.3 Å². The number of aromatic nitrogens is 1. The predicted octanol–water partition coefficient (Wildman–Crippen LogP) is 4.35. The number of nitrogens with one attached hydrogen (secondary N) is 1. The number of nitro groups is 1. The first-order valence-corrected chi connectivity index (χ1v) is 6.07. The van der Waals surface area contributed by atoms with Gasteiger partial charge in [0.05, 0.1) is 15.6 Å². The number of aryl methyl sites for hydroxylation is 1. The van der Waals surface area contributed by atoms with Gasteiger partial charge in [-0.3, -0.25) is 10.1 Å². The van der Waals surface area contributed by atoms with E-state index in [0.717, 1.165) is 5.56 Å². The van der Waals surface area contributed by atoms with Crippen LogP contribution in [-0.4, -0.2) is 9.91 Å². The van der Waals surface area contributed by atoms with Gasteiger partial charge in [0.2, 0.25) is 5.82 Å². The number of benzene rings is 1. The Hall–Kier alpha value is -1.85. The molecule has 98 valence electrons. The van der Waals surface area contributed by atoms with Crippen LogP contribution in [0.5, 0.6) is 0 Å². The minimum atomic E-state index is -0.532. The maximum absolute atomic E-state index is 10.9. The lowest BCUT2D eigenvalue weighted by Crippen LogP contribution is -2.00. The Labute approximate surface area is 119 Å². The van der Waals surface area contributed by atoms with E-state index < -0.39 is 4.92 Å². The number of pyridine rings is 1. The minimum Gasteiger partial charge on any atom is -0.333 e. The first-order valence-electron chi connectivity index (χ1n) is 5.31. The molecule has 7 heteroatoms. The van der Waals surface area contributed by atoms with Crippen molar-refractivity contribution in [2.24, 2.45) is 0 Å². The average molecular weight is 298 g/mol. The normalized spacial score (nSPS) is 10.3. The van der Waals surface area contributed by atoms with E-state index in [0.29, 0.717) is 10.7 Å². The Bertz CT molecular complexity index is 647. The van der Waals surface area contributed by atoms with E-state index >= 15 is 0 Å². The first-order chi connectivity index (χ1) is 8.97. The summed E-state index contributed by atoms with van der Waals surface area (Å²) >= 11 is 11.8. The third-order valence-electron chi connectivity index (χ3n) is 2.41. The maximum Gasteiger partial charge on any atom is 0.311 e. The summed E-state index contributed by atoms with van der Waals surface area (Å²) in [6.45, 7) is 1.89. The lowest BCUT2D eigenvalue weighted by atomic mass is 10.2. The molecule has 0 unspecified atom stereocenters. The topological polar surface area (TPSA) is 68.1 Å². The lowest BCUT2D eigenvalue weighted by molar-refractivity contribution is -0.384. The predicted molar refractivity (Wildman–Crippen MR) is 75.4 cm³/mol. The van der Waals surface area contributed by atoms with Gasteiger partial charge in [0.25, 0.3) is 0 Å². The number of nitrogens with zero attached hydrogens (tertiary/aromatic N) is 2. The number of hydrogen-bond donors (Lipinski definition) is 1. The third kappa shape index (κ3) is 3.13. The third-order valence-corrected chi connectivity index (χ3v) is 2.95. The Morgan fingerprint density at radius 3 is 2.68 bits per heavy atom. The van der Waals surface area contributed by atoms with Gasteiger partial charge in [-0.15, -0.1) is 0 Å². The highest BCUT2D eigenvalue weighted by Crippen LogP contribution is 2.31. The van der Waals surface area contributed by atoms with Crippen molar-refractivity contribution in [2.45, 2.75) is 6.92 Å². The van der Waals surface area contributed by atoms with E-state index in [4.69, 9.17) is 23.2 Å². The molecule has 1 heterocycles. The molecule has 0 bridgehead atoms. The Morgan fingerprint density at radius 2 is 2.00 bits per heavy atom. The quantitative estimate of drug-likeness (QED) is 0.519. The monoisotopic (exact) mass is 297 g/mol. The zero-order valence-corrected chi connectivity index (χ0v) is 11.4. The summed E-state index contributed by atoms with van der Waals surface area (Å²) in [7, 11) is 0. The second-order valence-corrected chi connectivity index (χ2v) is 4.66. The summed E-state index contributed by atoms with van der Waals surface area (Å²) in [5.41, 5.74) is 1.35. The zero-order chi connectivity index (χ0) is 14.0. The van der Waals surface area contributed by atoms with E-state index in [1.54, 1.807) is 12.1 Å². The van der Waals surface area contributed by atoms with E-state index in [1.165, 1.54) is 12.1 Å². The van der Waals surface area contributed by atoms with Crippen LogP contribution < -0.4 is 5.32 Å². The fourth-order valence-electron chi connectivity index (χ4n) is 1.53. The second kappa shape index (κ2) is 5.42. The van der Waals surface area contributed by atoms with Crippen molar-refractivity contribution in [1.82, 2.24) is 4.98 Å². The van der Waals surface area contributed by atoms with Gasteiger partial charge in [0, 0.05) is 6.07 Å². The second-order valence-electron chi connectivity index (χ2n) is 3.87. The standard InChI is InChI=1S/C12H9Cl2N3O2/c1-7-2-3-8(13)9(6-7)15-12-10(17(18)19)4-5-11(14)16-12/h2-6H,1H3,(H,15,16). The molecule has 0 saturated heterocycles. The van der Waals surface area contributed by atoms with E-state index in [-0.39, 0.29) is 16.7 Å². The van der Waals surface area contributed by atoms with Crippen LogP contribution in [0.15, 0.2) is 30.3 Å². The van der Waals surface area contributed by atoms with Crippen LogP contribution in [0.2, 0.25) is 10.2 Å². The molecule has 0 radical (unpaired) electrons. The maximum atomic E-state index is 10.9. The van der Waals surface area contributed by atoms with Gasteiger partial charge in [0.1, 0.15) is 5.15 Å². The summed E-state index contributed by atoms with van der Waals surface area (Å²) in [5.74, 6) is 0.0602. The van der Waals surface area contributed by atoms with Crippen molar-refractivity contribution in [3.8, 4) is 0 Å². The van der Waals surface area contributed by atoms with Crippen LogP contribution in [0.1, 0.15) is 5.56 Å². The Morgan fingerprint density at radius 1 is 1.26 bits per heavy atom. The molecule has 0 aliphatic carbocycles. The van der Waals surface area contributed by atoms with Crippen molar-refractivity contribution < 1.29 is 4.92 Å². The van der Waals surface area contributed by atoms with Gasteiger partial charge in [-0.25, -0.2) is 4.98 Å². The van der Waals surface area contributed by atoms with E-state index in [9.17, 15) is 10.1 Å². The Balaban J connectivity index is 2.45. The van der Waals surface area contributed by atoms with Gasteiger partial charge >= 0.3 is 5.69 Å². The number of anilines is 2. The van der Waals surface area contributed by atoms with Gasteiger partial charge < -0.3 is 5.32 Å². The Kier molecular flexibility index (Phi) is 3.87. The molecule has 0 aliphatic heterocycles. The van der Waals surface area contributed by atoms with Crippen LogP contribution in [0.3, 0.4) is 0 Å². The molecule has 0 amide bonds. The summed E-state index contributed by atoms with van der Waals surface area (Å²) in [6, 6.07) is 7.97. The highest BCUT2D eigenvalue weighted by atomic mass is 35.5. The van der Waals surface area contributed by atoms with Crippen molar-refractivity contribution in [1.29, 1.82) is 0 Å². The van der Waals surface area contributed by atoms with Crippen molar-refractivity contribution in [3.05, 3.63) is 56.2 Å². The molecule has 0 aliphatic rings. The summed E-state index contributed by atoms with van der Waals surface area (Å²) < 4.78 is 0. The largest absolute Gasteiger partial charge is 0.333 e. The summed E-state index contributed by atoms with van der Waals surface area (Å²) in [5, 5.41) is 14.4. The highest BCUT2D eigenvalue weighted by Gasteiger charge is 2.16. The number of halogens is 2. The molecule has 0 fully saturated rings. The van der Waals surface area contributed by atoms with Gasteiger partial charge in [0.15, 0.2) is 0 Å². The summed E-state index contributed by atoms with van der Waals surface area (Å²) in [4.78, 5) is 14.3. The molecule has 19 heavy (non-hydrogen) atoms. The van der Waals surface area contributed by atoms with Crippen LogP contribution >= 0.6 is 23.2 Å². The van der Waals surface area contributed by atoms with Crippen LogP contribution in [0, 0.1) is 17.0 Å². The molecule has 1 N–H and O–H groups in total. The lowest BCUT2D eigenvalue weighted by Gasteiger charge is -2.09. The fourth-order valence-corrected chi connectivity index (χ4v) is 1.84. The summed E-state index contributed by atoms with van der Waals surface area (Å²) in [6.07, 6.45) is 0. The molecule has 0 spiro atoms. The van der Waals surface area contributed by atoms with Crippen LogP contribution in [-0.2, 0) is 0 Å². The van der Waals surface area contributed by atoms with Gasteiger partial charge in [-0.2, -0.15) is 0 Å². The number of rotatable bonds is 3. The van der Waals surface area contributed by atoms with Crippen molar-refractivity contribution >= 4 is 40.4 Å². The molecule has 1 aromatic heterocycles. The smallest absolute Gasteiger partial charge is 0.311 e. The molecule has 2 aromatic rings. The molecule has 0 saturated carbocycles. The molecule has 5 nitrogen and oxygen atoms in total. The molecule has 0 atom stereocenters. The number of hydrogen-bond acceptors (Lipinski definition) is 4. The van der Waals surface area contributed by atoms with Gasteiger partial charge in [-0.05, 0) is 30.7 Å². The van der Waals surface area contributed by atoms with Crippen molar-refractivity contribution in [3.63, 3.8) is 0 Å². The zero-order valence-electron chi connectivity index (χ0n) is 9.85. The van der Waals surface area contributed by atoms with E-state index in [1.807, 2.05) is 13.0 Å². The molecule has 1 aromatic carbocycles. The molecular weight excluding hydrogens is 289 g/mol. The van der Waals surface area contributed by atoms with Crippen LogP contribution in [0.25, 0.3) is 0 Å². The average Bonchev–Trinajstić information content (AvgIpc) is 2.33. The fraction of sp³-hybridized carbons (Fsp3) is 0.0833. The minimum absolute atomic E-state index is 0.0602. The molecule has 2 rings (SSSR count). The first kappa shape index (κ1) is 13.6. The SMILES string of the molecule is Cc1ccc(Cl)c(Nc2nc(Cl)ccc2[N+](=O)[O-])c1. The van der Waals surface area contributed by atoms with Crippen molar-refractivity contribution in [2.75, 3.05) is 5.32 Å². The van der Waals surface area contributed by atoms with E-state index in [2.05, 4.69) is 10.3 Å². The molecular formula is C12H9Cl2N3O2.